The molecule has 0 saturated carbocycles. The quantitative estimate of drug-likeness (QED) is 0.843. The zero-order valence-electron chi connectivity index (χ0n) is 10.2. The van der Waals surface area contributed by atoms with Gasteiger partial charge in [0.2, 0.25) is 0 Å². The van der Waals surface area contributed by atoms with Gasteiger partial charge in [-0.15, -0.1) is 0 Å². The van der Waals surface area contributed by atoms with E-state index in [2.05, 4.69) is 46.7 Å². The first kappa shape index (κ1) is 13.1. The Bertz CT molecular complexity index is 395. The zero-order chi connectivity index (χ0) is 12.4. The number of likely N-dealkylation sites (tertiary alicyclic amines) is 1. The van der Waals surface area contributed by atoms with E-state index in [-0.39, 0.29) is 5.82 Å². The fourth-order valence-corrected chi connectivity index (χ4v) is 2.83. The number of benzene rings is 1. The topological polar surface area (TPSA) is 15.3 Å². The molecule has 0 radical (unpaired) electrons. The summed E-state index contributed by atoms with van der Waals surface area (Å²) in [4.78, 5) is 2.47. The minimum atomic E-state index is -0.171. The number of halogens is 2. The summed E-state index contributed by atoms with van der Waals surface area (Å²) in [5, 5.41) is 3.51. The second-order valence-corrected chi connectivity index (χ2v) is 6.00. The van der Waals surface area contributed by atoms with Crippen LogP contribution in [-0.4, -0.2) is 30.1 Å². The fraction of sp³-hybridized carbons (Fsp3) is 0.538. The molecular weight excluding hydrogens is 330 g/mol. The second-order valence-electron chi connectivity index (χ2n) is 4.84. The molecule has 1 aliphatic heterocycles. The Balaban J connectivity index is 1.98. The lowest BCUT2D eigenvalue weighted by Crippen LogP contribution is -2.31. The summed E-state index contributed by atoms with van der Waals surface area (Å²) < 4.78 is 13.9. The molecule has 1 fully saturated rings. The number of hydrogen-bond donors (Lipinski definition) is 1. The van der Waals surface area contributed by atoms with E-state index in [1.54, 1.807) is 6.07 Å². The third kappa shape index (κ3) is 3.31. The standard InChI is InChI=1S/C13H18FIN2/c1-9(2)17-6-5-11(8-17)16-13-4-3-10(14)7-12(13)15/h3-4,7,9,11,16H,5-6,8H2,1-2H3. The average molecular weight is 348 g/mol. The van der Waals surface area contributed by atoms with Gasteiger partial charge in [0.1, 0.15) is 5.82 Å². The largest absolute Gasteiger partial charge is 0.380 e. The van der Waals surface area contributed by atoms with Crippen molar-refractivity contribution in [2.45, 2.75) is 32.4 Å². The molecule has 1 aromatic carbocycles. The highest BCUT2D eigenvalue weighted by molar-refractivity contribution is 14.1. The Morgan fingerprint density at radius 1 is 1.47 bits per heavy atom. The molecule has 1 saturated heterocycles. The Morgan fingerprint density at radius 3 is 2.82 bits per heavy atom. The Kier molecular flexibility index (Phi) is 4.25. The van der Waals surface area contributed by atoms with Crippen molar-refractivity contribution in [3.8, 4) is 0 Å². The van der Waals surface area contributed by atoms with Crippen LogP contribution in [0.25, 0.3) is 0 Å². The van der Waals surface area contributed by atoms with Crippen LogP contribution < -0.4 is 5.32 Å². The van der Waals surface area contributed by atoms with Crippen LogP contribution in [0.15, 0.2) is 18.2 Å². The molecule has 2 nitrogen and oxygen atoms in total. The predicted molar refractivity (Wildman–Crippen MR) is 77.9 cm³/mol. The molecule has 1 aliphatic rings. The molecule has 1 atom stereocenters. The number of nitrogens with zero attached hydrogens (tertiary/aromatic N) is 1. The minimum Gasteiger partial charge on any atom is -0.380 e. The van der Waals surface area contributed by atoms with Gasteiger partial charge in [0.15, 0.2) is 0 Å². The second kappa shape index (κ2) is 5.52. The molecule has 1 unspecified atom stereocenters. The summed E-state index contributed by atoms with van der Waals surface area (Å²) in [5.74, 6) is -0.171. The minimum absolute atomic E-state index is 0.171. The molecule has 0 bridgehead atoms. The molecule has 1 N–H and O–H groups in total. The van der Waals surface area contributed by atoms with E-state index in [4.69, 9.17) is 0 Å². The molecule has 1 heterocycles. The van der Waals surface area contributed by atoms with Gasteiger partial charge in [-0.3, -0.25) is 4.90 Å². The van der Waals surface area contributed by atoms with Gasteiger partial charge in [-0.25, -0.2) is 4.39 Å². The first-order valence-electron chi connectivity index (χ1n) is 6.02. The van der Waals surface area contributed by atoms with Gasteiger partial charge in [0, 0.05) is 34.4 Å². The maximum Gasteiger partial charge on any atom is 0.124 e. The molecule has 1 aromatic rings. The van der Waals surface area contributed by atoms with Crippen molar-refractivity contribution < 1.29 is 4.39 Å². The van der Waals surface area contributed by atoms with Crippen molar-refractivity contribution in [2.24, 2.45) is 0 Å². The van der Waals surface area contributed by atoms with Gasteiger partial charge in [0.25, 0.3) is 0 Å². The van der Waals surface area contributed by atoms with Crippen molar-refractivity contribution in [1.82, 2.24) is 4.90 Å². The lowest BCUT2D eigenvalue weighted by atomic mass is 10.2. The molecule has 4 heteroatoms. The van der Waals surface area contributed by atoms with E-state index < -0.39 is 0 Å². The molecule has 0 amide bonds. The monoisotopic (exact) mass is 348 g/mol. The molecular formula is C13H18FIN2. The Morgan fingerprint density at radius 2 is 2.24 bits per heavy atom. The van der Waals surface area contributed by atoms with Gasteiger partial charge < -0.3 is 5.32 Å². The van der Waals surface area contributed by atoms with E-state index in [9.17, 15) is 4.39 Å². The normalized spacial score (nSPS) is 21.1. The Hall–Kier alpha value is -0.360. The summed E-state index contributed by atoms with van der Waals surface area (Å²) >= 11 is 2.17. The number of rotatable bonds is 3. The SMILES string of the molecule is CC(C)N1CCC(Nc2ccc(F)cc2I)C1. The van der Waals surface area contributed by atoms with E-state index in [0.717, 1.165) is 28.8 Å². The maximum atomic E-state index is 13.0. The zero-order valence-corrected chi connectivity index (χ0v) is 12.4. The van der Waals surface area contributed by atoms with Crippen LogP contribution in [0.5, 0.6) is 0 Å². The molecule has 2 rings (SSSR count). The van der Waals surface area contributed by atoms with Crippen LogP contribution in [0.4, 0.5) is 10.1 Å². The highest BCUT2D eigenvalue weighted by Gasteiger charge is 2.24. The van der Waals surface area contributed by atoms with Crippen molar-refractivity contribution >= 4 is 28.3 Å². The van der Waals surface area contributed by atoms with Gasteiger partial charge >= 0.3 is 0 Å². The summed E-state index contributed by atoms with van der Waals surface area (Å²) in [7, 11) is 0. The average Bonchev–Trinajstić information content (AvgIpc) is 2.71. The first-order chi connectivity index (χ1) is 8.06. The molecule has 0 aliphatic carbocycles. The maximum absolute atomic E-state index is 13.0. The molecule has 0 spiro atoms. The van der Waals surface area contributed by atoms with E-state index in [1.807, 2.05) is 6.07 Å². The van der Waals surface area contributed by atoms with Gasteiger partial charge in [0.05, 0.1) is 0 Å². The van der Waals surface area contributed by atoms with Gasteiger partial charge in [-0.05, 0) is 61.1 Å². The van der Waals surface area contributed by atoms with Crippen LogP contribution in [-0.2, 0) is 0 Å². The third-order valence-electron chi connectivity index (χ3n) is 3.24. The summed E-state index contributed by atoms with van der Waals surface area (Å²) in [6, 6.07) is 6.00. The lowest BCUT2D eigenvalue weighted by molar-refractivity contribution is 0.274. The van der Waals surface area contributed by atoms with Crippen molar-refractivity contribution in [3.63, 3.8) is 0 Å². The van der Waals surface area contributed by atoms with Crippen LogP contribution in [0.1, 0.15) is 20.3 Å². The number of nitrogens with one attached hydrogen (secondary N) is 1. The van der Waals surface area contributed by atoms with Crippen molar-refractivity contribution in [3.05, 3.63) is 27.6 Å². The molecule has 94 valence electrons. The first-order valence-corrected chi connectivity index (χ1v) is 7.10. The number of anilines is 1. The van der Waals surface area contributed by atoms with E-state index in [0.29, 0.717) is 12.1 Å². The van der Waals surface area contributed by atoms with Crippen molar-refractivity contribution in [2.75, 3.05) is 18.4 Å². The summed E-state index contributed by atoms with van der Waals surface area (Å²) in [6.07, 6.45) is 1.16. The highest BCUT2D eigenvalue weighted by atomic mass is 127. The summed E-state index contributed by atoms with van der Waals surface area (Å²) in [6.45, 7) is 6.67. The van der Waals surface area contributed by atoms with Crippen LogP contribution in [0, 0.1) is 9.39 Å². The van der Waals surface area contributed by atoms with Crippen LogP contribution in [0.3, 0.4) is 0 Å². The molecule has 17 heavy (non-hydrogen) atoms. The van der Waals surface area contributed by atoms with Gasteiger partial charge in [-0.1, -0.05) is 0 Å². The number of hydrogen-bond acceptors (Lipinski definition) is 2. The van der Waals surface area contributed by atoms with E-state index in [1.165, 1.54) is 6.07 Å². The van der Waals surface area contributed by atoms with Gasteiger partial charge in [-0.2, -0.15) is 0 Å². The summed E-state index contributed by atoms with van der Waals surface area (Å²) in [5.41, 5.74) is 1.04. The van der Waals surface area contributed by atoms with Crippen LogP contribution >= 0.6 is 22.6 Å². The lowest BCUT2D eigenvalue weighted by Gasteiger charge is -2.21. The highest BCUT2D eigenvalue weighted by Crippen LogP contribution is 2.23. The predicted octanol–water partition coefficient (Wildman–Crippen LogP) is 3.32. The van der Waals surface area contributed by atoms with E-state index >= 15 is 0 Å². The smallest absolute Gasteiger partial charge is 0.124 e. The van der Waals surface area contributed by atoms with Crippen LogP contribution in [0.2, 0.25) is 0 Å². The molecule has 0 aromatic heterocycles. The van der Waals surface area contributed by atoms with Crippen molar-refractivity contribution in [1.29, 1.82) is 0 Å². The fourth-order valence-electron chi connectivity index (χ4n) is 2.20. The third-order valence-corrected chi connectivity index (χ3v) is 4.13. The Labute approximate surface area is 116 Å².